The molecule has 0 amide bonds. The standard InChI is InChI=1S/C21H19BO3/c1-14-6-4-7-15(12-14)16-10-11-19-17(13-16)21-18(22(23-2)24-3)8-5-9-20(21)25-19/h4-13H,1-3H3. The number of hydrogen-bond acceptors (Lipinski definition) is 3. The monoisotopic (exact) mass is 330 g/mol. The number of rotatable bonds is 4. The molecular weight excluding hydrogens is 311 g/mol. The Balaban J connectivity index is 1.98. The minimum absolute atomic E-state index is 0.424. The van der Waals surface area contributed by atoms with E-state index in [-0.39, 0.29) is 0 Å². The lowest BCUT2D eigenvalue weighted by atomic mass is 9.76. The summed E-state index contributed by atoms with van der Waals surface area (Å²) >= 11 is 0. The van der Waals surface area contributed by atoms with Gasteiger partial charge in [-0.1, -0.05) is 48.0 Å². The van der Waals surface area contributed by atoms with Crippen LogP contribution in [0.15, 0.2) is 65.1 Å². The van der Waals surface area contributed by atoms with E-state index in [1.54, 1.807) is 14.2 Å². The topological polar surface area (TPSA) is 31.6 Å². The third-order valence-electron chi connectivity index (χ3n) is 4.56. The zero-order valence-corrected chi connectivity index (χ0v) is 14.6. The van der Waals surface area contributed by atoms with Gasteiger partial charge in [0.2, 0.25) is 0 Å². The Morgan fingerprint density at radius 3 is 2.32 bits per heavy atom. The van der Waals surface area contributed by atoms with Crippen LogP contribution in [0.2, 0.25) is 0 Å². The maximum Gasteiger partial charge on any atom is 0.494 e. The van der Waals surface area contributed by atoms with Gasteiger partial charge in [-0.3, -0.25) is 0 Å². The van der Waals surface area contributed by atoms with Crippen molar-refractivity contribution in [1.29, 1.82) is 0 Å². The number of benzene rings is 3. The molecule has 1 heterocycles. The molecule has 0 aliphatic rings. The highest BCUT2D eigenvalue weighted by atomic mass is 16.6. The first-order chi connectivity index (χ1) is 12.2. The molecule has 25 heavy (non-hydrogen) atoms. The Hall–Kier alpha value is -2.56. The van der Waals surface area contributed by atoms with E-state index in [2.05, 4.69) is 43.3 Å². The number of furan rings is 1. The number of fused-ring (bicyclic) bond motifs is 3. The lowest BCUT2D eigenvalue weighted by Crippen LogP contribution is -2.35. The summed E-state index contributed by atoms with van der Waals surface area (Å²) in [5.41, 5.74) is 6.29. The van der Waals surface area contributed by atoms with Gasteiger partial charge >= 0.3 is 7.12 Å². The summed E-state index contributed by atoms with van der Waals surface area (Å²) in [5.74, 6) is 0. The minimum atomic E-state index is -0.424. The third kappa shape index (κ3) is 2.74. The van der Waals surface area contributed by atoms with Crippen molar-refractivity contribution in [3.05, 3.63) is 66.2 Å². The second-order valence-electron chi connectivity index (χ2n) is 6.21. The maximum atomic E-state index is 6.04. The van der Waals surface area contributed by atoms with Crippen LogP contribution in [-0.2, 0) is 9.31 Å². The first-order valence-corrected chi connectivity index (χ1v) is 8.29. The second-order valence-corrected chi connectivity index (χ2v) is 6.21. The average molecular weight is 330 g/mol. The molecule has 3 nitrogen and oxygen atoms in total. The summed E-state index contributed by atoms with van der Waals surface area (Å²) in [5, 5.41) is 2.12. The van der Waals surface area contributed by atoms with Crippen molar-refractivity contribution in [3.8, 4) is 11.1 Å². The first-order valence-electron chi connectivity index (χ1n) is 8.29. The van der Waals surface area contributed by atoms with Gasteiger partial charge in [-0.2, -0.15) is 0 Å². The summed E-state index contributed by atoms with van der Waals surface area (Å²) in [6.45, 7) is 2.11. The van der Waals surface area contributed by atoms with Crippen LogP contribution in [0.1, 0.15) is 5.56 Å². The Morgan fingerprint density at radius 2 is 1.56 bits per heavy atom. The van der Waals surface area contributed by atoms with Crippen LogP contribution in [0.3, 0.4) is 0 Å². The second kappa shape index (κ2) is 6.39. The van der Waals surface area contributed by atoms with E-state index in [4.69, 9.17) is 13.7 Å². The van der Waals surface area contributed by atoms with E-state index >= 15 is 0 Å². The summed E-state index contributed by atoms with van der Waals surface area (Å²) < 4.78 is 17.0. The number of aryl methyl sites for hydroxylation is 1. The van der Waals surface area contributed by atoms with Crippen molar-refractivity contribution in [3.63, 3.8) is 0 Å². The molecule has 0 bridgehead atoms. The SMILES string of the molecule is COB(OC)c1cccc2oc3ccc(-c4cccc(C)c4)cc3c12. The summed E-state index contributed by atoms with van der Waals surface area (Å²) in [7, 11) is 2.87. The molecule has 4 rings (SSSR count). The van der Waals surface area contributed by atoms with E-state index in [0.29, 0.717) is 0 Å². The van der Waals surface area contributed by atoms with Crippen molar-refractivity contribution in [1.82, 2.24) is 0 Å². The Morgan fingerprint density at radius 1 is 0.800 bits per heavy atom. The Bertz CT molecular complexity index is 1050. The van der Waals surface area contributed by atoms with Crippen molar-refractivity contribution < 1.29 is 13.7 Å². The van der Waals surface area contributed by atoms with Gasteiger partial charge in [0.05, 0.1) is 0 Å². The summed E-state index contributed by atoms with van der Waals surface area (Å²) in [4.78, 5) is 0. The van der Waals surface area contributed by atoms with Crippen LogP contribution in [0.5, 0.6) is 0 Å². The van der Waals surface area contributed by atoms with E-state index in [1.807, 2.05) is 24.3 Å². The molecule has 0 saturated heterocycles. The molecule has 1 aromatic heterocycles. The van der Waals surface area contributed by atoms with Crippen LogP contribution in [0.4, 0.5) is 0 Å². The summed E-state index contributed by atoms with van der Waals surface area (Å²) in [6.07, 6.45) is 0. The van der Waals surface area contributed by atoms with Crippen molar-refractivity contribution in [2.45, 2.75) is 6.92 Å². The predicted octanol–water partition coefficient (Wildman–Crippen LogP) is 4.55. The summed E-state index contributed by atoms with van der Waals surface area (Å²) in [6, 6.07) is 20.8. The van der Waals surface area contributed by atoms with Crippen LogP contribution in [0.25, 0.3) is 33.1 Å². The molecule has 0 spiro atoms. The zero-order valence-electron chi connectivity index (χ0n) is 14.6. The van der Waals surface area contributed by atoms with Gasteiger partial charge in [0.25, 0.3) is 0 Å². The van der Waals surface area contributed by atoms with E-state index in [1.165, 1.54) is 16.7 Å². The van der Waals surface area contributed by atoms with Gasteiger partial charge in [-0.05, 0) is 41.7 Å². The van der Waals surface area contributed by atoms with Gasteiger partial charge in [0.15, 0.2) is 0 Å². The normalized spacial score (nSPS) is 11.3. The molecular formula is C21H19BO3. The molecule has 0 aliphatic heterocycles. The molecule has 0 aliphatic carbocycles. The minimum Gasteiger partial charge on any atom is -0.456 e. The largest absolute Gasteiger partial charge is 0.494 e. The molecule has 0 unspecified atom stereocenters. The molecule has 0 atom stereocenters. The lowest BCUT2D eigenvalue weighted by molar-refractivity contribution is 0.292. The maximum absolute atomic E-state index is 6.04. The van der Waals surface area contributed by atoms with Gasteiger partial charge in [0.1, 0.15) is 11.2 Å². The third-order valence-corrected chi connectivity index (χ3v) is 4.56. The smallest absolute Gasteiger partial charge is 0.456 e. The van der Waals surface area contributed by atoms with Crippen LogP contribution >= 0.6 is 0 Å². The highest BCUT2D eigenvalue weighted by Crippen LogP contribution is 2.32. The highest BCUT2D eigenvalue weighted by molar-refractivity contribution is 6.65. The Kier molecular flexibility index (Phi) is 4.08. The molecule has 0 saturated carbocycles. The molecule has 0 radical (unpaired) electrons. The van der Waals surface area contributed by atoms with Crippen LogP contribution in [0, 0.1) is 6.92 Å². The van der Waals surface area contributed by atoms with Crippen molar-refractivity contribution in [2.24, 2.45) is 0 Å². The van der Waals surface area contributed by atoms with Gasteiger partial charge in [0, 0.05) is 25.0 Å². The van der Waals surface area contributed by atoms with Gasteiger partial charge < -0.3 is 13.7 Å². The van der Waals surface area contributed by atoms with Gasteiger partial charge in [-0.25, -0.2) is 0 Å². The molecule has 4 aromatic rings. The fourth-order valence-corrected chi connectivity index (χ4v) is 3.40. The fourth-order valence-electron chi connectivity index (χ4n) is 3.40. The van der Waals surface area contributed by atoms with E-state index in [9.17, 15) is 0 Å². The Labute approximate surface area is 147 Å². The zero-order chi connectivity index (χ0) is 17.4. The predicted molar refractivity (Wildman–Crippen MR) is 103 cm³/mol. The van der Waals surface area contributed by atoms with Crippen molar-refractivity contribution >= 4 is 34.5 Å². The molecule has 124 valence electrons. The molecule has 0 N–H and O–H groups in total. The van der Waals surface area contributed by atoms with E-state index < -0.39 is 7.12 Å². The fraction of sp³-hybridized carbons (Fsp3) is 0.143. The number of hydrogen-bond donors (Lipinski definition) is 0. The molecule has 4 heteroatoms. The quantitative estimate of drug-likeness (QED) is 0.515. The van der Waals surface area contributed by atoms with Crippen LogP contribution in [-0.4, -0.2) is 21.3 Å². The lowest BCUT2D eigenvalue weighted by Gasteiger charge is -2.10. The average Bonchev–Trinajstić information content (AvgIpc) is 3.01. The molecule has 0 fully saturated rings. The van der Waals surface area contributed by atoms with Crippen molar-refractivity contribution in [2.75, 3.05) is 14.2 Å². The van der Waals surface area contributed by atoms with E-state index in [0.717, 1.165) is 27.4 Å². The first kappa shape index (κ1) is 15.9. The molecule has 3 aromatic carbocycles. The van der Waals surface area contributed by atoms with Gasteiger partial charge in [-0.15, -0.1) is 0 Å². The van der Waals surface area contributed by atoms with Crippen LogP contribution < -0.4 is 5.46 Å². The highest BCUT2D eigenvalue weighted by Gasteiger charge is 2.23.